The fourth-order valence-electron chi connectivity index (χ4n) is 5.00. The number of carbonyl (C=O) groups is 5. The Kier molecular flexibility index (Phi) is 11.1. The smallest absolute Gasteiger partial charge is 0.326 e. The fraction of sp³-hybridized carbons (Fsp3) is 0.406. The lowest BCUT2D eigenvalue weighted by atomic mass is 10.0. The van der Waals surface area contributed by atoms with E-state index in [-0.39, 0.29) is 36.5 Å². The molecule has 3 aromatic rings. The Balaban J connectivity index is 1.59. The summed E-state index contributed by atoms with van der Waals surface area (Å²) in [6.07, 6.45) is -0.390. The van der Waals surface area contributed by atoms with E-state index in [9.17, 15) is 28.8 Å². The number of H-pyrrole nitrogens is 1. The molecule has 2 aromatic carbocycles. The number of hydrogen-bond acceptors (Lipinski definition) is 11. The van der Waals surface area contributed by atoms with E-state index < -0.39 is 53.8 Å². The van der Waals surface area contributed by atoms with Crippen LogP contribution in [0.5, 0.6) is 5.75 Å². The number of hydrogen-bond donors (Lipinski definition) is 2. The lowest BCUT2D eigenvalue weighted by Crippen LogP contribution is -2.63. The van der Waals surface area contributed by atoms with Gasteiger partial charge in [0.2, 0.25) is 11.8 Å². The maximum absolute atomic E-state index is 14.2. The molecule has 1 aliphatic rings. The summed E-state index contributed by atoms with van der Waals surface area (Å²) in [6.45, 7) is 4.76. The maximum atomic E-state index is 14.2. The summed E-state index contributed by atoms with van der Waals surface area (Å²) in [6, 6.07) is 10.8. The zero-order chi connectivity index (χ0) is 34.3. The Hall–Kier alpha value is -5.05. The highest BCUT2D eigenvalue weighted by atomic mass is 32.1. The zero-order valence-corrected chi connectivity index (χ0v) is 27.5. The summed E-state index contributed by atoms with van der Waals surface area (Å²) in [5.41, 5.74) is 0.769. The van der Waals surface area contributed by atoms with E-state index in [1.54, 1.807) is 57.2 Å². The van der Waals surface area contributed by atoms with E-state index in [1.165, 1.54) is 36.2 Å². The van der Waals surface area contributed by atoms with Crippen molar-refractivity contribution in [2.24, 2.45) is 0 Å². The van der Waals surface area contributed by atoms with Crippen LogP contribution in [0.3, 0.4) is 0 Å². The van der Waals surface area contributed by atoms with Crippen molar-refractivity contribution in [1.82, 2.24) is 24.5 Å². The van der Waals surface area contributed by atoms with E-state index in [2.05, 4.69) is 14.7 Å². The van der Waals surface area contributed by atoms with Crippen molar-refractivity contribution < 1.29 is 38.2 Å². The Morgan fingerprint density at radius 3 is 2.26 bits per heavy atom. The van der Waals surface area contributed by atoms with Gasteiger partial charge in [-0.05, 0) is 50.6 Å². The summed E-state index contributed by atoms with van der Waals surface area (Å²) in [7, 11) is 2.70. The van der Waals surface area contributed by atoms with Gasteiger partial charge in [0.25, 0.3) is 5.91 Å². The molecule has 1 aromatic heterocycles. The summed E-state index contributed by atoms with van der Waals surface area (Å²) in [5, 5.41) is 2.79. The van der Waals surface area contributed by atoms with Crippen LogP contribution in [0, 0.1) is 0 Å². The van der Waals surface area contributed by atoms with Crippen molar-refractivity contribution in [3.05, 3.63) is 69.3 Å². The molecule has 0 aliphatic carbocycles. The molecule has 4 rings (SSSR count). The number of esters is 2. The van der Waals surface area contributed by atoms with Crippen LogP contribution in [-0.4, -0.2) is 100 Å². The summed E-state index contributed by atoms with van der Waals surface area (Å²) < 4.78 is 19.4. The first-order valence-corrected chi connectivity index (χ1v) is 15.5. The van der Waals surface area contributed by atoms with Crippen LogP contribution in [0.4, 0.5) is 0 Å². The maximum Gasteiger partial charge on any atom is 0.326 e. The first-order valence-electron chi connectivity index (χ1n) is 14.8. The second-order valence-corrected chi connectivity index (χ2v) is 12.5. The average Bonchev–Trinajstić information content (AvgIpc) is 3.47. The van der Waals surface area contributed by atoms with Crippen LogP contribution in [0.1, 0.15) is 43.1 Å². The predicted octanol–water partition coefficient (Wildman–Crippen LogP) is 1.79. The van der Waals surface area contributed by atoms with Gasteiger partial charge in [-0.1, -0.05) is 24.3 Å². The standard InChI is InChI=1S/C32H37N5O9S/c1-32(2,3)46-26(39)18-36-14-15-37(24(30(36)42)17-25(38)45-5)29(41)23(16-19-6-12-22(44-4)13-7-19)33-28(40)21-10-8-20(9-11-21)27-34-31(43)47-35-27/h6-13,23-24H,14-18H2,1-5H3,(H,33,40)(H,34,35,43)/t23-,24-/m0/s1. The number of nitrogens with one attached hydrogen (secondary N) is 2. The third-order valence-electron chi connectivity index (χ3n) is 7.26. The predicted molar refractivity (Wildman–Crippen MR) is 171 cm³/mol. The second-order valence-electron chi connectivity index (χ2n) is 11.8. The number of carbonyl (C=O) groups excluding carboxylic acids is 5. The van der Waals surface area contributed by atoms with Gasteiger partial charge in [0, 0.05) is 42.2 Å². The van der Waals surface area contributed by atoms with Crippen LogP contribution in [-0.2, 0) is 35.1 Å². The minimum atomic E-state index is -1.28. The van der Waals surface area contributed by atoms with Crippen molar-refractivity contribution in [1.29, 1.82) is 0 Å². The Morgan fingerprint density at radius 1 is 1.00 bits per heavy atom. The molecule has 1 aliphatic heterocycles. The lowest BCUT2D eigenvalue weighted by molar-refractivity contribution is -0.164. The average molecular weight is 668 g/mol. The largest absolute Gasteiger partial charge is 0.497 e. The topological polar surface area (TPSA) is 177 Å². The number of ether oxygens (including phenoxy) is 3. The van der Waals surface area contributed by atoms with Gasteiger partial charge >= 0.3 is 16.8 Å². The highest BCUT2D eigenvalue weighted by Crippen LogP contribution is 2.21. The number of benzene rings is 2. The van der Waals surface area contributed by atoms with Crippen molar-refractivity contribution in [3.63, 3.8) is 0 Å². The van der Waals surface area contributed by atoms with Crippen LogP contribution in [0.15, 0.2) is 53.3 Å². The molecule has 15 heteroatoms. The monoisotopic (exact) mass is 667 g/mol. The molecular formula is C32H37N5O9S. The van der Waals surface area contributed by atoms with Crippen LogP contribution in [0.2, 0.25) is 0 Å². The molecular weight excluding hydrogens is 630 g/mol. The number of methoxy groups -OCH3 is 2. The number of aromatic amines is 1. The highest BCUT2D eigenvalue weighted by Gasteiger charge is 2.42. The molecule has 0 spiro atoms. The summed E-state index contributed by atoms with van der Waals surface area (Å²) in [4.78, 5) is 82.5. The van der Waals surface area contributed by atoms with Gasteiger partial charge in [-0.15, -0.1) is 0 Å². The minimum absolute atomic E-state index is 0.00483. The van der Waals surface area contributed by atoms with Crippen molar-refractivity contribution in [2.75, 3.05) is 33.9 Å². The van der Waals surface area contributed by atoms with Crippen molar-refractivity contribution in [2.45, 2.75) is 51.3 Å². The van der Waals surface area contributed by atoms with E-state index >= 15 is 0 Å². The first kappa shape index (κ1) is 34.8. The third-order valence-corrected chi connectivity index (χ3v) is 7.80. The highest BCUT2D eigenvalue weighted by molar-refractivity contribution is 7.03. The lowest BCUT2D eigenvalue weighted by Gasteiger charge is -2.41. The number of amides is 3. The third kappa shape index (κ3) is 9.25. The van der Waals surface area contributed by atoms with Gasteiger partial charge < -0.3 is 29.3 Å². The van der Waals surface area contributed by atoms with Crippen molar-refractivity contribution in [3.8, 4) is 17.1 Å². The van der Waals surface area contributed by atoms with Gasteiger partial charge in [0.15, 0.2) is 5.82 Å². The molecule has 47 heavy (non-hydrogen) atoms. The van der Waals surface area contributed by atoms with Crippen LogP contribution < -0.4 is 14.9 Å². The Labute approximate surface area is 275 Å². The summed E-state index contributed by atoms with van der Waals surface area (Å²) in [5.74, 6) is -2.15. The Bertz CT molecular complexity index is 1660. The quantitative estimate of drug-likeness (QED) is 0.287. The zero-order valence-electron chi connectivity index (χ0n) is 26.7. The molecule has 0 radical (unpaired) electrons. The molecule has 2 atom stereocenters. The molecule has 1 saturated heterocycles. The number of piperazine rings is 1. The molecule has 250 valence electrons. The van der Waals surface area contributed by atoms with Crippen molar-refractivity contribution >= 4 is 41.2 Å². The number of rotatable bonds is 11. The normalized spacial score (nSPS) is 15.5. The minimum Gasteiger partial charge on any atom is -0.497 e. The molecule has 0 saturated carbocycles. The van der Waals surface area contributed by atoms with E-state index in [4.69, 9.17) is 14.2 Å². The van der Waals surface area contributed by atoms with Gasteiger partial charge in [-0.25, -0.2) is 0 Å². The van der Waals surface area contributed by atoms with Gasteiger partial charge in [0.05, 0.1) is 20.6 Å². The SMILES string of the molecule is COC(=O)C[C@H]1C(=O)N(CC(=O)OC(C)(C)C)CCN1C(=O)[C@H](Cc1ccc(OC)cc1)NC(=O)c1ccc(-c2nsc(=O)[nH]2)cc1. The molecule has 0 bridgehead atoms. The molecule has 2 N–H and O–H groups in total. The van der Waals surface area contributed by atoms with Gasteiger partial charge in [-0.3, -0.25) is 33.8 Å². The van der Waals surface area contributed by atoms with Gasteiger partial charge in [0.1, 0.15) is 30.0 Å². The van der Waals surface area contributed by atoms with E-state index in [0.717, 1.165) is 11.5 Å². The molecule has 14 nitrogen and oxygen atoms in total. The number of nitrogens with zero attached hydrogens (tertiary/aromatic N) is 3. The molecule has 1 fully saturated rings. The Morgan fingerprint density at radius 2 is 1.68 bits per heavy atom. The fourth-order valence-corrected chi connectivity index (χ4v) is 5.47. The summed E-state index contributed by atoms with van der Waals surface area (Å²) >= 11 is 0.779. The van der Waals surface area contributed by atoms with Crippen LogP contribution >= 0.6 is 11.5 Å². The van der Waals surface area contributed by atoms with E-state index in [0.29, 0.717) is 22.7 Å². The first-order chi connectivity index (χ1) is 22.3. The molecule has 0 unspecified atom stereocenters. The van der Waals surface area contributed by atoms with Gasteiger partial charge in [-0.2, -0.15) is 4.37 Å². The number of aromatic nitrogens is 2. The molecule has 3 amide bonds. The molecule has 2 heterocycles. The van der Waals surface area contributed by atoms with E-state index in [1.807, 2.05) is 0 Å². The van der Waals surface area contributed by atoms with Crippen LogP contribution in [0.25, 0.3) is 11.4 Å². The second kappa shape index (κ2) is 15.0.